The van der Waals surface area contributed by atoms with Crippen molar-refractivity contribution in [3.63, 3.8) is 0 Å². The summed E-state index contributed by atoms with van der Waals surface area (Å²) in [5.41, 5.74) is 11.6. The van der Waals surface area contributed by atoms with E-state index in [2.05, 4.69) is 203 Å². The van der Waals surface area contributed by atoms with Crippen LogP contribution in [-0.2, 0) is 0 Å². The van der Waals surface area contributed by atoms with Crippen LogP contribution < -0.4 is 0 Å². The molecule has 0 spiro atoms. The molecule has 4 heteroatoms. The zero-order valence-electron chi connectivity index (χ0n) is 30.3. The molecular formula is C52H32N4. The quantitative estimate of drug-likeness (QED) is 0.170. The molecule has 0 fully saturated rings. The van der Waals surface area contributed by atoms with Crippen LogP contribution >= 0.6 is 0 Å². The van der Waals surface area contributed by atoms with Crippen LogP contribution in [0.1, 0.15) is 0 Å². The third-order valence-electron chi connectivity index (χ3n) is 11.5. The monoisotopic (exact) mass is 712 g/mol. The zero-order chi connectivity index (χ0) is 36.7. The molecule has 9 aromatic carbocycles. The summed E-state index contributed by atoms with van der Waals surface area (Å²) in [5, 5.41) is 9.27. The van der Waals surface area contributed by atoms with E-state index in [0.29, 0.717) is 0 Å². The molecule has 0 N–H and O–H groups in total. The van der Waals surface area contributed by atoms with Gasteiger partial charge in [-0.05, 0) is 46.2 Å². The molecule has 0 aliphatic rings. The molecule has 0 radical (unpaired) electrons. The number of hydrogen-bond acceptors (Lipinski definition) is 2. The molecule has 0 saturated carbocycles. The van der Waals surface area contributed by atoms with E-state index < -0.39 is 0 Å². The minimum atomic E-state index is 0.803. The van der Waals surface area contributed by atoms with Gasteiger partial charge in [-0.1, -0.05) is 170 Å². The molecule has 3 aromatic heterocycles. The normalized spacial score (nSPS) is 11.9. The van der Waals surface area contributed by atoms with E-state index in [0.717, 1.165) is 66.6 Å². The molecule has 0 atom stereocenters. The number of benzene rings is 9. The molecule has 12 rings (SSSR count). The maximum atomic E-state index is 5.78. The van der Waals surface area contributed by atoms with Gasteiger partial charge in [-0.15, -0.1) is 0 Å². The molecule has 0 saturated heterocycles. The lowest BCUT2D eigenvalue weighted by molar-refractivity contribution is 1.08. The first-order valence-corrected chi connectivity index (χ1v) is 19.1. The number of aromatic nitrogens is 4. The van der Waals surface area contributed by atoms with Crippen molar-refractivity contribution in [3.8, 4) is 33.9 Å². The van der Waals surface area contributed by atoms with Gasteiger partial charge < -0.3 is 4.57 Å². The highest BCUT2D eigenvalue weighted by atomic mass is 15.1. The molecule has 0 aliphatic heterocycles. The topological polar surface area (TPSA) is 35.6 Å². The second-order valence-electron chi connectivity index (χ2n) is 14.5. The van der Waals surface area contributed by atoms with Gasteiger partial charge in [-0.3, -0.25) is 4.57 Å². The molecular weight excluding hydrogens is 681 g/mol. The number of hydrogen-bond donors (Lipinski definition) is 0. The minimum Gasteiger partial charge on any atom is -0.307 e. The average Bonchev–Trinajstić information content (AvgIpc) is 3.80. The Kier molecular flexibility index (Phi) is 6.60. The van der Waals surface area contributed by atoms with Crippen LogP contribution in [0.5, 0.6) is 0 Å². The van der Waals surface area contributed by atoms with Gasteiger partial charge in [0.1, 0.15) is 5.69 Å². The van der Waals surface area contributed by atoms with Crippen LogP contribution in [-0.4, -0.2) is 19.1 Å². The van der Waals surface area contributed by atoms with E-state index in [-0.39, 0.29) is 0 Å². The van der Waals surface area contributed by atoms with E-state index >= 15 is 0 Å². The Morgan fingerprint density at radius 2 is 0.768 bits per heavy atom. The van der Waals surface area contributed by atoms with Gasteiger partial charge in [0, 0.05) is 43.6 Å². The SMILES string of the molecule is c1ccc(-c2cccc(-n3c4ccccc4c4ccc5c6ccccc6n(-c6nc7c8ccccc8c8ccccc8c7nc6-c6ccccc6)c5c43)c2)cc1. The highest BCUT2D eigenvalue weighted by molar-refractivity contribution is 6.25. The summed E-state index contributed by atoms with van der Waals surface area (Å²) in [6, 6.07) is 69.4. The summed E-state index contributed by atoms with van der Waals surface area (Å²) in [6.07, 6.45) is 0. The minimum absolute atomic E-state index is 0.803. The van der Waals surface area contributed by atoms with Crippen molar-refractivity contribution >= 4 is 76.2 Å². The first kappa shape index (κ1) is 30.9. The lowest BCUT2D eigenvalue weighted by atomic mass is 9.99. The largest absolute Gasteiger partial charge is 0.307 e. The lowest BCUT2D eigenvalue weighted by Crippen LogP contribution is -2.05. The van der Waals surface area contributed by atoms with E-state index in [1.54, 1.807) is 0 Å². The van der Waals surface area contributed by atoms with E-state index in [1.165, 1.54) is 43.4 Å². The third-order valence-corrected chi connectivity index (χ3v) is 11.5. The van der Waals surface area contributed by atoms with Crippen LogP contribution in [0, 0.1) is 0 Å². The Morgan fingerprint density at radius 1 is 0.304 bits per heavy atom. The van der Waals surface area contributed by atoms with E-state index in [9.17, 15) is 0 Å². The van der Waals surface area contributed by atoms with Crippen molar-refractivity contribution in [2.24, 2.45) is 0 Å². The predicted octanol–water partition coefficient (Wildman–Crippen LogP) is 13.5. The smallest absolute Gasteiger partial charge is 0.165 e. The van der Waals surface area contributed by atoms with Crippen LogP contribution in [0.4, 0.5) is 0 Å². The van der Waals surface area contributed by atoms with Crippen molar-refractivity contribution in [1.29, 1.82) is 0 Å². The molecule has 56 heavy (non-hydrogen) atoms. The van der Waals surface area contributed by atoms with Gasteiger partial charge >= 0.3 is 0 Å². The number of fused-ring (bicyclic) bond motifs is 13. The fraction of sp³-hybridized carbons (Fsp3) is 0. The van der Waals surface area contributed by atoms with E-state index in [4.69, 9.17) is 9.97 Å². The van der Waals surface area contributed by atoms with Gasteiger partial charge in [0.25, 0.3) is 0 Å². The van der Waals surface area contributed by atoms with Crippen LogP contribution in [0.15, 0.2) is 194 Å². The summed E-state index contributed by atoms with van der Waals surface area (Å²) < 4.78 is 4.84. The standard InChI is InChI=1S/C52H32N4/c1-3-16-33(17-4-1)35-20-15-21-36(32-35)55-45-28-13-11-24-39(45)43-30-31-44-40-25-12-14-29-46(40)56(51(44)50(43)55)52-47(34-18-5-2-6-19-34)53-48-41-26-9-7-22-37(41)38-23-8-10-27-42(38)49(48)54-52/h1-32H. The van der Waals surface area contributed by atoms with Crippen molar-refractivity contribution in [1.82, 2.24) is 19.1 Å². The molecule has 260 valence electrons. The van der Waals surface area contributed by atoms with Crippen molar-refractivity contribution in [2.45, 2.75) is 0 Å². The Hall–Kier alpha value is -7.56. The Morgan fingerprint density at radius 3 is 1.39 bits per heavy atom. The second-order valence-corrected chi connectivity index (χ2v) is 14.5. The van der Waals surface area contributed by atoms with Crippen molar-refractivity contribution in [2.75, 3.05) is 0 Å². The lowest BCUT2D eigenvalue weighted by Gasteiger charge is -2.17. The first-order valence-electron chi connectivity index (χ1n) is 19.1. The molecule has 0 bridgehead atoms. The van der Waals surface area contributed by atoms with Gasteiger partial charge in [-0.25, -0.2) is 9.97 Å². The van der Waals surface area contributed by atoms with Crippen molar-refractivity contribution in [3.05, 3.63) is 194 Å². The van der Waals surface area contributed by atoms with E-state index in [1.807, 2.05) is 0 Å². The summed E-state index contributed by atoms with van der Waals surface area (Å²) >= 11 is 0. The predicted molar refractivity (Wildman–Crippen MR) is 234 cm³/mol. The van der Waals surface area contributed by atoms with Crippen LogP contribution in [0.3, 0.4) is 0 Å². The highest BCUT2D eigenvalue weighted by Crippen LogP contribution is 2.44. The number of rotatable bonds is 4. The number of nitrogens with zero attached hydrogens (tertiary/aromatic N) is 4. The first-order chi connectivity index (χ1) is 27.8. The molecule has 0 aliphatic carbocycles. The van der Waals surface area contributed by atoms with Gasteiger partial charge in [0.05, 0.1) is 33.1 Å². The Balaban J connectivity index is 1.29. The third kappa shape index (κ3) is 4.41. The van der Waals surface area contributed by atoms with Crippen LogP contribution in [0.2, 0.25) is 0 Å². The van der Waals surface area contributed by atoms with Crippen molar-refractivity contribution < 1.29 is 0 Å². The highest BCUT2D eigenvalue weighted by Gasteiger charge is 2.25. The summed E-state index contributed by atoms with van der Waals surface area (Å²) in [5.74, 6) is 0.803. The maximum absolute atomic E-state index is 5.78. The fourth-order valence-corrected chi connectivity index (χ4v) is 9.04. The zero-order valence-corrected chi connectivity index (χ0v) is 30.3. The van der Waals surface area contributed by atoms with Gasteiger partial charge in [0.15, 0.2) is 5.82 Å². The summed E-state index contributed by atoms with van der Waals surface area (Å²) in [7, 11) is 0. The fourth-order valence-electron chi connectivity index (χ4n) is 9.04. The summed E-state index contributed by atoms with van der Waals surface area (Å²) in [4.78, 5) is 11.4. The summed E-state index contributed by atoms with van der Waals surface area (Å²) in [6.45, 7) is 0. The average molecular weight is 713 g/mol. The molecule has 0 amide bonds. The molecule has 12 aromatic rings. The maximum Gasteiger partial charge on any atom is 0.165 e. The Labute approximate surface area is 322 Å². The molecule has 3 heterocycles. The Bertz CT molecular complexity index is 3520. The van der Waals surface area contributed by atoms with Crippen LogP contribution in [0.25, 0.3) is 110 Å². The molecule has 0 unspecified atom stereocenters. The number of para-hydroxylation sites is 2. The molecule has 4 nitrogen and oxygen atoms in total. The second kappa shape index (κ2) is 12.0. The van der Waals surface area contributed by atoms with Gasteiger partial charge in [0.2, 0.25) is 0 Å². The van der Waals surface area contributed by atoms with Gasteiger partial charge in [-0.2, -0.15) is 0 Å².